The van der Waals surface area contributed by atoms with E-state index in [4.69, 9.17) is 15.9 Å². The maximum atomic E-state index is 15.1. The first kappa shape index (κ1) is 21.9. The van der Waals surface area contributed by atoms with Crippen LogP contribution in [0.3, 0.4) is 0 Å². The molecule has 0 aliphatic heterocycles. The first-order chi connectivity index (χ1) is 16.0. The van der Waals surface area contributed by atoms with Crippen molar-refractivity contribution in [3.8, 4) is 22.8 Å². The zero-order chi connectivity index (χ0) is 23.4. The van der Waals surface area contributed by atoms with E-state index in [-0.39, 0.29) is 11.4 Å². The quantitative estimate of drug-likeness (QED) is 0.197. The maximum Gasteiger partial charge on any atom is 0.170 e. The Balaban J connectivity index is 1.78. The van der Waals surface area contributed by atoms with E-state index in [0.29, 0.717) is 29.4 Å². The summed E-state index contributed by atoms with van der Waals surface area (Å²) in [7, 11) is 0. The zero-order valence-corrected chi connectivity index (χ0v) is 18.0. The number of anilines is 1. The van der Waals surface area contributed by atoms with Crippen molar-refractivity contribution >= 4 is 11.5 Å². The predicted octanol–water partition coefficient (Wildman–Crippen LogP) is 4.81. The summed E-state index contributed by atoms with van der Waals surface area (Å²) in [6.07, 6.45) is 1.68. The van der Waals surface area contributed by atoms with Gasteiger partial charge in [0.15, 0.2) is 11.6 Å². The van der Waals surface area contributed by atoms with Gasteiger partial charge < -0.3 is 25.9 Å². The highest BCUT2D eigenvalue weighted by molar-refractivity contribution is 5.95. The van der Waals surface area contributed by atoms with Crippen LogP contribution >= 0.6 is 0 Å². The Hall–Kier alpha value is -4.33. The average Bonchev–Trinajstić information content (AvgIpc) is 3.31. The number of phenolic OH excluding ortho intramolecular Hbond substituents is 1. The van der Waals surface area contributed by atoms with E-state index in [0.717, 1.165) is 11.3 Å². The molecule has 0 amide bonds. The number of nitrogens with zero attached hydrogens (tertiary/aromatic N) is 1. The van der Waals surface area contributed by atoms with E-state index < -0.39 is 17.6 Å². The second kappa shape index (κ2) is 9.44. The third kappa shape index (κ3) is 4.79. The lowest BCUT2D eigenvalue weighted by Gasteiger charge is -2.21. The number of nitrogen functional groups attached to an aromatic ring is 1. The lowest BCUT2D eigenvalue weighted by Crippen LogP contribution is -2.16. The van der Waals surface area contributed by atoms with Gasteiger partial charge in [0.1, 0.15) is 23.5 Å². The lowest BCUT2D eigenvalue weighted by atomic mass is 10.0. The fraction of sp³-hybridized carbons (Fsp3) is 0.120. The Morgan fingerprint density at radius 2 is 1.91 bits per heavy atom. The molecule has 0 spiro atoms. The zero-order valence-electron chi connectivity index (χ0n) is 18.0. The van der Waals surface area contributed by atoms with Crippen LogP contribution in [0.15, 0.2) is 72.9 Å². The van der Waals surface area contributed by atoms with Crippen molar-refractivity contribution in [1.82, 2.24) is 9.97 Å². The minimum absolute atomic E-state index is 0.0444. The van der Waals surface area contributed by atoms with Crippen LogP contribution in [0.4, 0.5) is 10.1 Å². The molecule has 0 saturated heterocycles. The minimum atomic E-state index is -0.769. The number of ether oxygens (including phenoxy) is 1. The first-order valence-electron chi connectivity index (χ1n) is 10.4. The molecule has 1 atom stereocenters. The fourth-order valence-corrected chi connectivity index (χ4v) is 3.52. The van der Waals surface area contributed by atoms with Gasteiger partial charge in [0.05, 0.1) is 18.5 Å². The number of aromatic nitrogens is 2. The second-order valence-corrected chi connectivity index (χ2v) is 7.40. The van der Waals surface area contributed by atoms with Gasteiger partial charge >= 0.3 is 0 Å². The topological polar surface area (TPSA) is 120 Å². The number of aromatic hydroxyl groups is 1. The van der Waals surface area contributed by atoms with Crippen molar-refractivity contribution in [2.24, 2.45) is 5.73 Å². The number of imidazole rings is 1. The van der Waals surface area contributed by atoms with Gasteiger partial charge in [-0.15, -0.1) is 0 Å². The molecule has 0 bridgehead atoms. The van der Waals surface area contributed by atoms with E-state index >= 15 is 4.39 Å². The number of hydrogen-bond acceptors (Lipinski definition) is 5. The van der Waals surface area contributed by atoms with Crippen LogP contribution in [0.1, 0.15) is 29.9 Å². The van der Waals surface area contributed by atoms with Gasteiger partial charge in [-0.1, -0.05) is 30.3 Å². The number of rotatable bonds is 8. The van der Waals surface area contributed by atoms with E-state index in [2.05, 4.69) is 15.3 Å². The largest absolute Gasteiger partial charge is 0.505 e. The van der Waals surface area contributed by atoms with Gasteiger partial charge in [0.2, 0.25) is 0 Å². The number of halogens is 1. The molecule has 168 valence electrons. The molecule has 0 saturated carbocycles. The third-order valence-corrected chi connectivity index (χ3v) is 5.14. The molecule has 3 aromatic carbocycles. The number of phenols is 1. The van der Waals surface area contributed by atoms with Crippen molar-refractivity contribution in [1.29, 1.82) is 5.41 Å². The second-order valence-electron chi connectivity index (χ2n) is 7.40. The van der Waals surface area contributed by atoms with Gasteiger partial charge in [-0.25, -0.2) is 9.37 Å². The van der Waals surface area contributed by atoms with Crippen molar-refractivity contribution in [3.05, 3.63) is 95.7 Å². The van der Waals surface area contributed by atoms with E-state index in [1.165, 1.54) is 6.07 Å². The summed E-state index contributed by atoms with van der Waals surface area (Å²) in [6, 6.07) is 18.6. The Labute approximate surface area is 190 Å². The Morgan fingerprint density at radius 3 is 2.58 bits per heavy atom. The van der Waals surface area contributed by atoms with Crippen LogP contribution < -0.4 is 15.8 Å². The van der Waals surface area contributed by atoms with Crippen LogP contribution in [0.25, 0.3) is 11.3 Å². The van der Waals surface area contributed by atoms with Gasteiger partial charge in [-0.2, -0.15) is 0 Å². The fourth-order valence-electron chi connectivity index (χ4n) is 3.52. The Bertz CT molecular complexity index is 1260. The highest BCUT2D eigenvalue weighted by Crippen LogP contribution is 2.35. The smallest absolute Gasteiger partial charge is 0.170 e. The number of nitrogens with two attached hydrogens (primary N) is 1. The molecule has 4 aromatic rings. The standard InChI is InChI=1S/C25H24FN5O2/c1-2-33-18-12-19(22(26)21(32)13-18)23(30-17-10-8-16(9-11-17)24(27)28)25-29-14-20(31-25)15-6-4-3-5-7-15/h3-14,23,30,32H,2H2,1H3,(H3,27,28)(H,29,31). The first-order valence-corrected chi connectivity index (χ1v) is 10.4. The number of nitrogens with one attached hydrogen (secondary N) is 3. The molecule has 1 unspecified atom stereocenters. The van der Waals surface area contributed by atoms with Gasteiger partial charge in [-0.05, 0) is 42.8 Å². The molecule has 1 aromatic heterocycles. The number of benzene rings is 3. The van der Waals surface area contributed by atoms with Gasteiger partial charge in [0.25, 0.3) is 0 Å². The van der Waals surface area contributed by atoms with Crippen LogP contribution in [0, 0.1) is 11.2 Å². The van der Waals surface area contributed by atoms with Crippen LogP contribution in [-0.2, 0) is 0 Å². The molecule has 0 aliphatic rings. The van der Waals surface area contributed by atoms with Crippen LogP contribution in [0.2, 0.25) is 0 Å². The van der Waals surface area contributed by atoms with Gasteiger partial charge in [0, 0.05) is 22.9 Å². The highest BCUT2D eigenvalue weighted by Gasteiger charge is 2.25. The summed E-state index contributed by atoms with van der Waals surface area (Å²) in [6.45, 7) is 2.18. The van der Waals surface area contributed by atoms with Gasteiger partial charge in [-0.3, -0.25) is 5.41 Å². The Morgan fingerprint density at radius 1 is 1.18 bits per heavy atom. The summed E-state index contributed by atoms with van der Waals surface area (Å²) in [5.41, 5.74) is 8.65. The third-order valence-electron chi connectivity index (χ3n) is 5.14. The molecule has 4 rings (SSSR count). The predicted molar refractivity (Wildman–Crippen MR) is 126 cm³/mol. The maximum absolute atomic E-state index is 15.1. The van der Waals surface area contributed by atoms with Crippen molar-refractivity contribution < 1.29 is 14.2 Å². The van der Waals surface area contributed by atoms with Crippen molar-refractivity contribution in [2.75, 3.05) is 11.9 Å². The summed E-state index contributed by atoms with van der Waals surface area (Å²) in [4.78, 5) is 7.76. The number of amidine groups is 1. The minimum Gasteiger partial charge on any atom is -0.505 e. The average molecular weight is 445 g/mol. The molecule has 8 heteroatoms. The number of H-pyrrole nitrogens is 1. The van der Waals surface area contributed by atoms with E-state index in [1.54, 1.807) is 36.5 Å². The normalized spacial score (nSPS) is 11.7. The van der Waals surface area contributed by atoms with Crippen LogP contribution in [-0.4, -0.2) is 27.5 Å². The summed E-state index contributed by atoms with van der Waals surface area (Å²) < 4.78 is 20.6. The molecule has 1 heterocycles. The SMILES string of the molecule is CCOc1cc(O)c(F)c(C(Nc2ccc(C(=N)N)cc2)c2ncc(-c3ccccc3)[nH]2)c1. The van der Waals surface area contributed by atoms with Crippen LogP contribution in [0.5, 0.6) is 11.5 Å². The summed E-state index contributed by atoms with van der Waals surface area (Å²) in [5.74, 6) is -0.521. The molecule has 33 heavy (non-hydrogen) atoms. The molecular formula is C25H24FN5O2. The molecular weight excluding hydrogens is 421 g/mol. The number of aromatic amines is 1. The Kier molecular flexibility index (Phi) is 6.26. The molecule has 0 fully saturated rings. The monoisotopic (exact) mass is 445 g/mol. The van der Waals surface area contributed by atoms with E-state index in [1.807, 2.05) is 37.3 Å². The molecule has 6 N–H and O–H groups in total. The number of hydrogen-bond donors (Lipinski definition) is 5. The van der Waals surface area contributed by atoms with E-state index in [9.17, 15) is 5.11 Å². The van der Waals surface area contributed by atoms with Crippen molar-refractivity contribution in [2.45, 2.75) is 13.0 Å². The summed E-state index contributed by atoms with van der Waals surface area (Å²) >= 11 is 0. The molecule has 0 aliphatic carbocycles. The summed E-state index contributed by atoms with van der Waals surface area (Å²) in [5, 5.41) is 21.0. The molecule has 0 radical (unpaired) electrons. The molecule has 7 nitrogen and oxygen atoms in total. The highest BCUT2D eigenvalue weighted by atomic mass is 19.1. The lowest BCUT2D eigenvalue weighted by molar-refractivity contribution is 0.334. The van der Waals surface area contributed by atoms with Crippen molar-refractivity contribution in [3.63, 3.8) is 0 Å².